The van der Waals surface area contributed by atoms with Gasteiger partial charge in [-0.25, -0.2) is 4.98 Å². The maximum absolute atomic E-state index is 10.7. The fourth-order valence-electron chi connectivity index (χ4n) is 1.20. The van der Waals surface area contributed by atoms with Crippen molar-refractivity contribution in [2.24, 2.45) is 0 Å². The summed E-state index contributed by atoms with van der Waals surface area (Å²) in [6, 6.07) is 3.60. The van der Waals surface area contributed by atoms with Crippen molar-refractivity contribution in [1.82, 2.24) is 9.97 Å². The summed E-state index contributed by atoms with van der Waals surface area (Å²) >= 11 is 3.26. The van der Waals surface area contributed by atoms with Gasteiger partial charge in [-0.05, 0) is 28.1 Å². The zero-order valence-electron chi connectivity index (χ0n) is 6.54. The highest BCUT2D eigenvalue weighted by Crippen LogP contribution is 2.23. The van der Waals surface area contributed by atoms with Gasteiger partial charge >= 0.3 is 0 Å². The third-order valence-corrected chi connectivity index (χ3v) is 2.47. The lowest BCUT2D eigenvalue weighted by atomic mass is 10.2. The van der Waals surface area contributed by atoms with Crippen LogP contribution in [0.25, 0.3) is 11.0 Å². The van der Waals surface area contributed by atoms with Crippen molar-refractivity contribution in [2.75, 3.05) is 5.73 Å². The van der Waals surface area contributed by atoms with Gasteiger partial charge in [0.25, 0.3) is 0 Å². The number of anilines is 1. The molecule has 0 unspecified atom stereocenters. The summed E-state index contributed by atoms with van der Waals surface area (Å²) in [5.74, 6) is 0.316. The lowest BCUT2D eigenvalue weighted by molar-refractivity contribution is 0.112. The van der Waals surface area contributed by atoms with Crippen LogP contribution in [0.2, 0.25) is 0 Å². The Balaban J connectivity index is 2.90. The molecule has 0 saturated carbocycles. The van der Waals surface area contributed by atoms with Gasteiger partial charge in [0, 0.05) is 4.47 Å². The number of benzene rings is 1. The maximum atomic E-state index is 10.7. The Hall–Kier alpha value is -1.36. The molecule has 0 aliphatic rings. The number of aromatic amines is 1. The van der Waals surface area contributed by atoms with Crippen LogP contribution in [-0.2, 0) is 0 Å². The monoisotopic (exact) mass is 239 g/mol. The predicted molar refractivity (Wildman–Crippen MR) is 53.6 cm³/mol. The first-order valence-electron chi connectivity index (χ1n) is 3.61. The van der Waals surface area contributed by atoms with Crippen LogP contribution < -0.4 is 5.73 Å². The quantitative estimate of drug-likeness (QED) is 0.745. The number of aldehydes is 1. The highest BCUT2D eigenvalue weighted by molar-refractivity contribution is 9.10. The van der Waals surface area contributed by atoms with E-state index in [1.165, 1.54) is 0 Å². The fraction of sp³-hybridized carbons (Fsp3) is 0. The van der Waals surface area contributed by atoms with E-state index in [1.807, 2.05) is 6.07 Å². The second kappa shape index (κ2) is 2.85. The minimum atomic E-state index is 0.316. The van der Waals surface area contributed by atoms with Crippen molar-refractivity contribution in [1.29, 1.82) is 0 Å². The topological polar surface area (TPSA) is 71.8 Å². The molecule has 0 saturated heterocycles. The van der Waals surface area contributed by atoms with Crippen LogP contribution in [0.5, 0.6) is 0 Å². The average molecular weight is 240 g/mol. The van der Waals surface area contributed by atoms with Gasteiger partial charge in [-0.15, -0.1) is 0 Å². The molecule has 4 nitrogen and oxygen atoms in total. The number of aromatic nitrogens is 2. The molecule has 0 spiro atoms. The Morgan fingerprint density at radius 1 is 1.54 bits per heavy atom. The molecule has 1 aromatic carbocycles. The van der Waals surface area contributed by atoms with Gasteiger partial charge in [-0.2, -0.15) is 0 Å². The summed E-state index contributed by atoms with van der Waals surface area (Å²) in [4.78, 5) is 17.6. The van der Waals surface area contributed by atoms with Gasteiger partial charge in [-0.3, -0.25) is 4.79 Å². The summed E-state index contributed by atoms with van der Waals surface area (Å²) in [6.07, 6.45) is 0.757. The molecule has 0 bridgehead atoms. The molecular weight excluding hydrogens is 234 g/mol. The number of rotatable bonds is 1. The van der Waals surface area contributed by atoms with Crippen molar-refractivity contribution in [3.8, 4) is 0 Å². The molecule has 5 heteroatoms. The number of carbonyl (C=O) groups is 1. The van der Waals surface area contributed by atoms with Crippen LogP contribution >= 0.6 is 15.9 Å². The van der Waals surface area contributed by atoms with Gasteiger partial charge in [-0.1, -0.05) is 0 Å². The Bertz CT molecular complexity index is 477. The van der Waals surface area contributed by atoms with Crippen LogP contribution in [0.15, 0.2) is 16.6 Å². The van der Waals surface area contributed by atoms with Crippen LogP contribution in [0.4, 0.5) is 5.95 Å². The normalized spacial score (nSPS) is 10.5. The largest absolute Gasteiger partial charge is 0.369 e. The number of carbonyl (C=O) groups excluding carboxylic acids is 1. The van der Waals surface area contributed by atoms with E-state index in [9.17, 15) is 4.79 Å². The van der Waals surface area contributed by atoms with E-state index in [-0.39, 0.29) is 0 Å². The van der Waals surface area contributed by atoms with Crippen LogP contribution in [0, 0.1) is 0 Å². The van der Waals surface area contributed by atoms with E-state index < -0.39 is 0 Å². The molecule has 0 aliphatic carbocycles. The zero-order chi connectivity index (χ0) is 9.42. The van der Waals surface area contributed by atoms with Gasteiger partial charge in [0.05, 0.1) is 11.1 Å². The minimum absolute atomic E-state index is 0.316. The third kappa shape index (κ3) is 1.21. The Labute approximate surface area is 82.3 Å². The molecular formula is C8H6BrN3O. The number of nitrogens with two attached hydrogens (primary N) is 1. The maximum Gasteiger partial charge on any atom is 0.198 e. The Kier molecular flexibility index (Phi) is 1.81. The molecule has 0 amide bonds. The summed E-state index contributed by atoms with van der Waals surface area (Å²) in [5, 5.41) is 0. The van der Waals surface area contributed by atoms with Gasteiger partial charge in [0.15, 0.2) is 12.2 Å². The molecule has 2 rings (SSSR count). The number of imidazole rings is 1. The molecule has 3 N–H and O–H groups in total. The number of nitrogens with one attached hydrogen (secondary N) is 1. The first kappa shape index (κ1) is 8.25. The van der Waals surface area contributed by atoms with Crippen molar-refractivity contribution < 1.29 is 4.79 Å². The van der Waals surface area contributed by atoms with Crippen LogP contribution in [-0.4, -0.2) is 16.3 Å². The summed E-state index contributed by atoms with van der Waals surface area (Å²) in [7, 11) is 0. The number of H-pyrrole nitrogens is 1. The van der Waals surface area contributed by atoms with Gasteiger partial charge in [0.2, 0.25) is 0 Å². The number of hydrogen-bond acceptors (Lipinski definition) is 3. The van der Waals surface area contributed by atoms with Gasteiger partial charge in [0.1, 0.15) is 5.52 Å². The second-order valence-electron chi connectivity index (χ2n) is 2.60. The first-order chi connectivity index (χ1) is 6.22. The molecule has 66 valence electrons. The Morgan fingerprint density at radius 3 is 3.00 bits per heavy atom. The molecule has 0 aliphatic heterocycles. The molecule has 0 radical (unpaired) electrons. The summed E-state index contributed by atoms with van der Waals surface area (Å²) in [6.45, 7) is 0. The van der Waals surface area contributed by atoms with Crippen molar-refractivity contribution in [2.45, 2.75) is 0 Å². The summed E-state index contributed by atoms with van der Waals surface area (Å²) < 4.78 is 0.724. The lowest BCUT2D eigenvalue weighted by Gasteiger charge is -1.95. The highest BCUT2D eigenvalue weighted by Gasteiger charge is 2.08. The average Bonchev–Trinajstić information content (AvgIpc) is 2.45. The molecule has 2 aromatic rings. The molecule has 1 aromatic heterocycles. The SMILES string of the molecule is Nc1nc2c(C=O)c(Br)ccc2[nH]1. The smallest absolute Gasteiger partial charge is 0.198 e. The van der Waals surface area contributed by atoms with Gasteiger partial charge < -0.3 is 10.7 Å². The first-order valence-corrected chi connectivity index (χ1v) is 4.40. The molecule has 0 fully saturated rings. The molecule has 0 atom stereocenters. The van der Waals surface area contributed by atoms with Crippen molar-refractivity contribution >= 4 is 39.2 Å². The Morgan fingerprint density at radius 2 is 2.31 bits per heavy atom. The van der Waals surface area contributed by atoms with E-state index >= 15 is 0 Å². The number of nitrogen functional groups attached to an aromatic ring is 1. The highest BCUT2D eigenvalue weighted by atomic mass is 79.9. The van der Waals surface area contributed by atoms with E-state index in [0.717, 1.165) is 16.3 Å². The lowest BCUT2D eigenvalue weighted by Crippen LogP contribution is -1.86. The van der Waals surface area contributed by atoms with E-state index in [4.69, 9.17) is 5.73 Å². The number of halogens is 1. The van der Waals surface area contributed by atoms with E-state index in [2.05, 4.69) is 25.9 Å². The predicted octanol–water partition coefficient (Wildman–Crippen LogP) is 1.72. The molecule has 1 heterocycles. The van der Waals surface area contributed by atoms with E-state index in [0.29, 0.717) is 17.0 Å². The minimum Gasteiger partial charge on any atom is -0.369 e. The third-order valence-electron chi connectivity index (χ3n) is 1.78. The fourth-order valence-corrected chi connectivity index (χ4v) is 1.62. The number of fused-ring (bicyclic) bond motifs is 1. The van der Waals surface area contributed by atoms with E-state index in [1.54, 1.807) is 6.07 Å². The number of hydrogen-bond donors (Lipinski definition) is 2. The van der Waals surface area contributed by atoms with Crippen molar-refractivity contribution in [3.05, 3.63) is 22.2 Å². The summed E-state index contributed by atoms with van der Waals surface area (Å²) in [5.41, 5.74) is 7.35. The van der Waals surface area contributed by atoms with Crippen LogP contribution in [0.1, 0.15) is 10.4 Å². The molecule has 13 heavy (non-hydrogen) atoms. The zero-order valence-corrected chi connectivity index (χ0v) is 8.13. The second-order valence-corrected chi connectivity index (χ2v) is 3.45. The standard InChI is InChI=1S/C8H6BrN3O/c9-5-1-2-6-7(4(5)3-13)12-8(10)11-6/h1-3H,(H3,10,11,12). The number of nitrogens with zero attached hydrogens (tertiary/aromatic N) is 1. The van der Waals surface area contributed by atoms with Crippen molar-refractivity contribution in [3.63, 3.8) is 0 Å². The van der Waals surface area contributed by atoms with Crippen LogP contribution in [0.3, 0.4) is 0 Å².